The average Bonchev–Trinajstić information content (AvgIpc) is 2.88. The minimum absolute atomic E-state index is 0.0458. The van der Waals surface area contributed by atoms with Crippen molar-refractivity contribution in [3.8, 4) is 22.6 Å². The van der Waals surface area contributed by atoms with E-state index in [2.05, 4.69) is 15.4 Å². The lowest BCUT2D eigenvalue weighted by molar-refractivity contribution is -0.274. The van der Waals surface area contributed by atoms with E-state index in [1.165, 1.54) is 6.07 Å². The zero-order valence-corrected chi connectivity index (χ0v) is 21.7. The number of ether oxygens (including phenoxy) is 2. The number of benzene rings is 3. The van der Waals surface area contributed by atoms with Crippen LogP contribution in [0, 0.1) is 6.92 Å². The average molecular weight is 542 g/mol. The van der Waals surface area contributed by atoms with E-state index in [0.29, 0.717) is 60.6 Å². The number of aryl methyl sites for hydroxylation is 1. The molecule has 2 N–H and O–H groups in total. The van der Waals surface area contributed by atoms with Crippen molar-refractivity contribution < 1.29 is 32.2 Å². The van der Waals surface area contributed by atoms with Crippen LogP contribution >= 0.6 is 0 Å². The molecule has 1 aliphatic rings. The van der Waals surface area contributed by atoms with Gasteiger partial charge in [-0.25, -0.2) is 4.79 Å². The summed E-state index contributed by atoms with van der Waals surface area (Å²) in [5, 5.41) is 5.58. The van der Waals surface area contributed by atoms with Gasteiger partial charge in [0.1, 0.15) is 17.6 Å². The number of rotatable bonds is 7. The number of nitrogens with zero attached hydrogens (tertiary/aromatic N) is 1. The molecule has 39 heavy (non-hydrogen) atoms. The van der Waals surface area contributed by atoms with E-state index >= 15 is 0 Å². The normalized spacial score (nSPS) is 14.0. The Kier molecular flexibility index (Phi) is 8.63. The number of hydrogen-bond acceptors (Lipinski definition) is 4. The zero-order chi connectivity index (χ0) is 28.0. The zero-order valence-electron chi connectivity index (χ0n) is 21.7. The van der Waals surface area contributed by atoms with Crippen molar-refractivity contribution in [2.24, 2.45) is 0 Å². The molecule has 0 aromatic heterocycles. The summed E-state index contributed by atoms with van der Waals surface area (Å²) in [6.07, 6.45) is -3.65. The fourth-order valence-electron chi connectivity index (χ4n) is 4.59. The van der Waals surface area contributed by atoms with Crippen molar-refractivity contribution in [1.82, 2.24) is 10.2 Å². The molecule has 0 unspecified atom stereocenters. The molecule has 3 aromatic rings. The number of urea groups is 1. The van der Waals surface area contributed by atoms with E-state index in [1.54, 1.807) is 60.4 Å². The summed E-state index contributed by atoms with van der Waals surface area (Å²) in [6.45, 7) is 5.22. The fourth-order valence-corrected chi connectivity index (χ4v) is 4.59. The summed E-state index contributed by atoms with van der Waals surface area (Å²) in [7, 11) is 0. The van der Waals surface area contributed by atoms with Gasteiger partial charge in [0.15, 0.2) is 0 Å². The number of likely N-dealkylation sites (tertiary alicyclic amines) is 1. The van der Waals surface area contributed by atoms with Crippen LogP contribution in [0.2, 0.25) is 0 Å². The van der Waals surface area contributed by atoms with Crippen molar-refractivity contribution in [2.45, 2.75) is 39.2 Å². The summed E-state index contributed by atoms with van der Waals surface area (Å²) in [4.78, 5) is 27.2. The Hall–Kier alpha value is -4.21. The molecule has 3 amide bonds. The van der Waals surface area contributed by atoms with Gasteiger partial charge >= 0.3 is 12.4 Å². The standard InChI is InChI=1S/C29H30F3N3O4/c1-3-33-28(37)35-14-12-22(13-15-35)38-23-11-7-10-21(17-23)34-27(36)25-18-24(39-29(30,31)32)16-19(2)26(25)20-8-5-4-6-9-20/h4-11,16-18,22H,3,12-15H2,1-2H3,(H,33,37)(H,34,36). The SMILES string of the molecule is CCNC(=O)N1CCC(Oc2cccc(NC(=O)c3cc(OC(F)(F)F)cc(C)c3-c3ccccc3)c2)CC1. The molecule has 1 heterocycles. The number of carbonyl (C=O) groups is 2. The third-order valence-electron chi connectivity index (χ3n) is 6.30. The molecule has 3 aromatic carbocycles. The van der Waals surface area contributed by atoms with E-state index in [4.69, 9.17) is 4.74 Å². The quantitative estimate of drug-likeness (QED) is 0.364. The Balaban J connectivity index is 1.51. The molecule has 0 atom stereocenters. The van der Waals surface area contributed by atoms with Gasteiger partial charge in [-0.15, -0.1) is 13.2 Å². The first-order chi connectivity index (χ1) is 18.6. The van der Waals surface area contributed by atoms with E-state index in [0.717, 1.165) is 6.07 Å². The van der Waals surface area contributed by atoms with Gasteiger partial charge < -0.3 is 25.0 Å². The first kappa shape index (κ1) is 27.8. The van der Waals surface area contributed by atoms with E-state index in [1.807, 2.05) is 13.0 Å². The molecule has 10 heteroatoms. The molecule has 0 aliphatic carbocycles. The number of anilines is 1. The van der Waals surface area contributed by atoms with Crippen molar-refractivity contribution >= 4 is 17.6 Å². The van der Waals surface area contributed by atoms with Crippen LogP contribution in [-0.2, 0) is 0 Å². The van der Waals surface area contributed by atoms with Crippen LogP contribution in [-0.4, -0.2) is 48.9 Å². The smallest absolute Gasteiger partial charge is 0.490 e. The third-order valence-corrected chi connectivity index (χ3v) is 6.30. The second-order valence-corrected chi connectivity index (χ2v) is 9.20. The van der Waals surface area contributed by atoms with Gasteiger partial charge in [-0.2, -0.15) is 0 Å². The monoisotopic (exact) mass is 541 g/mol. The van der Waals surface area contributed by atoms with Crippen molar-refractivity contribution in [2.75, 3.05) is 25.0 Å². The highest BCUT2D eigenvalue weighted by Crippen LogP contribution is 2.34. The fraction of sp³-hybridized carbons (Fsp3) is 0.310. The Morgan fingerprint density at radius 1 is 0.974 bits per heavy atom. The third kappa shape index (κ3) is 7.43. The molecule has 1 saturated heterocycles. The molecule has 206 valence electrons. The van der Waals surface area contributed by atoms with Crippen LogP contribution in [0.3, 0.4) is 0 Å². The van der Waals surface area contributed by atoms with Gasteiger partial charge in [0.25, 0.3) is 5.91 Å². The number of halogens is 3. The van der Waals surface area contributed by atoms with Gasteiger partial charge in [-0.1, -0.05) is 36.4 Å². The second-order valence-electron chi connectivity index (χ2n) is 9.20. The van der Waals surface area contributed by atoms with Crippen LogP contribution < -0.4 is 20.1 Å². The molecule has 0 spiro atoms. The minimum Gasteiger partial charge on any atom is -0.490 e. The number of nitrogens with one attached hydrogen (secondary N) is 2. The first-order valence-electron chi connectivity index (χ1n) is 12.7. The van der Waals surface area contributed by atoms with Crippen molar-refractivity contribution in [3.63, 3.8) is 0 Å². The first-order valence-corrected chi connectivity index (χ1v) is 12.7. The van der Waals surface area contributed by atoms with E-state index < -0.39 is 18.0 Å². The predicted molar refractivity (Wildman–Crippen MR) is 142 cm³/mol. The number of piperidine rings is 1. The van der Waals surface area contributed by atoms with Crippen molar-refractivity contribution in [3.05, 3.63) is 77.9 Å². The topological polar surface area (TPSA) is 79.9 Å². The summed E-state index contributed by atoms with van der Waals surface area (Å²) in [5.41, 5.74) is 2.13. The van der Waals surface area contributed by atoms with Gasteiger partial charge in [-0.05, 0) is 54.8 Å². The molecule has 7 nitrogen and oxygen atoms in total. The van der Waals surface area contributed by atoms with Gasteiger partial charge in [0, 0.05) is 44.2 Å². The number of hydrogen-bond donors (Lipinski definition) is 2. The molecule has 0 saturated carbocycles. The van der Waals surface area contributed by atoms with E-state index in [-0.39, 0.29) is 17.7 Å². The molecule has 1 aliphatic heterocycles. The summed E-state index contributed by atoms with van der Waals surface area (Å²) < 4.78 is 49.1. The second kappa shape index (κ2) is 12.1. The van der Waals surface area contributed by atoms with Gasteiger partial charge in [-0.3, -0.25) is 4.79 Å². The molecule has 0 radical (unpaired) electrons. The van der Waals surface area contributed by atoms with Gasteiger partial charge in [0.05, 0.1) is 5.56 Å². The molecule has 4 rings (SSSR count). The van der Waals surface area contributed by atoms with Crippen molar-refractivity contribution in [1.29, 1.82) is 0 Å². The Bertz CT molecular complexity index is 1310. The highest BCUT2D eigenvalue weighted by Gasteiger charge is 2.32. The summed E-state index contributed by atoms with van der Waals surface area (Å²) in [6, 6.07) is 18.1. The Morgan fingerprint density at radius 2 is 1.69 bits per heavy atom. The Labute approximate surface area is 224 Å². The highest BCUT2D eigenvalue weighted by atomic mass is 19.4. The minimum atomic E-state index is -4.89. The predicted octanol–water partition coefficient (Wildman–Crippen LogP) is 6.39. The van der Waals surface area contributed by atoms with Crippen LogP contribution in [0.25, 0.3) is 11.1 Å². The van der Waals surface area contributed by atoms with Crippen LogP contribution in [0.15, 0.2) is 66.7 Å². The molecular formula is C29H30F3N3O4. The lowest BCUT2D eigenvalue weighted by atomic mass is 9.94. The van der Waals surface area contributed by atoms with Crippen LogP contribution in [0.5, 0.6) is 11.5 Å². The highest BCUT2D eigenvalue weighted by molar-refractivity contribution is 6.09. The number of carbonyl (C=O) groups excluding carboxylic acids is 2. The van der Waals surface area contributed by atoms with Crippen LogP contribution in [0.1, 0.15) is 35.7 Å². The molecule has 0 bridgehead atoms. The molecule has 1 fully saturated rings. The van der Waals surface area contributed by atoms with Crippen LogP contribution in [0.4, 0.5) is 23.7 Å². The lowest BCUT2D eigenvalue weighted by Gasteiger charge is -2.32. The largest absolute Gasteiger partial charge is 0.573 e. The maximum Gasteiger partial charge on any atom is 0.573 e. The maximum absolute atomic E-state index is 13.4. The van der Waals surface area contributed by atoms with E-state index in [9.17, 15) is 22.8 Å². The summed E-state index contributed by atoms with van der Waals surface area (Å²) in [5.74, 6) is -0.518. The van der Waals surface area contributed by atoms with Gasteiger partial charge in [0.2, 0.25) is 0 Å². The molecular weight excluding hydrogens is 511 g/mol. The summed E-state index contributed by atoms with van der Waals surface area (Å²) >= 11 is 0. The lowest BCUT2D eigenvalue weighted by Crippen LogP contribution is -2.46. The number of alkyl halides is 3. The number of amides is 3. The Morgan fingerprint density at radius 3 is 2.36 bits per heavy atom. The maximum atomic E-state index is 13.4.